The Morgan fingerprint density at radius 2 is 2.12 bits per heavy atom. The fourth-order valence-electron chi connectivity index (χ4n) is 2.18. The van der Waals surface area contributed by atoms with Gasteiger partial charge in [-0.1, -0.05) is 24.3 Å². The van der Waals surface area contributed by atoms with E-state index in [1.807, 2.05) is 31.2 Å². The summed E-state index contributed by atoms with van der Waals surface area (Å²) in [7, 11) is 1.38. The van der Waals surface area contributed by atoms with E-state index in [0.717, 1.165) is 11.1 Å². The van der Waals surface area contributed by atoms with Gasteiger partial charge in [0.25, 0.3) is 0 Å². The number of aryl methyl sites for hydroxylation is 1. The molecule has 4 heteroatoms. The lowest BCUT2D eigenvalue weighted by Gasteiger charge is -2.43. The molecule has 0 saturated carbocycles. The number of rotatable bonds is 3. The van der Waals surface area contributed by atoms with Crippen LogP contribution in [0.1, 0.15) is 17.2 Å². The second-order valence-corrected chi connectivity index (χ2v) is 4.47. The maximum absolute atomic E-state index is 11.9. The summed E-state index contributed by atoms with van der Waals surface area (Å²) in [6.07, 6.45) is 0. The Morgan fingerprint density at radius 3 is 2.59 bits per heavy atom. The third-order valence-electron chi connectivity index (χ3n) is 3.43. The van der Waals surface area contributed by atoms with Crippen molar-refractivity contribution in [3.8, 4) is 0 Å². The van der Waals surface area contributed by atoms with Gasteiger partial charge in [-0.3, -0.25) is 4.79 Å². The van der Waals surface area contributed by atoms with Gasteiger partial charge < -0.3 is 15.2 Å². The number of carbonyl (C=O) groups excluding carboxylic acids is 1. The Bertz CT molecular complexity index is 426. The lowest BCUT2D eigenvalue weighted by Crippen LogP contribution is -2.56. The molecule has 17 heavy (non-hydrogen) atoms. The van der Waals surface area contributed by atoms with Gasteiger partial charge in [0.05, 0.1) is 26.4 Å². The first-order valence-corrected chi connectivity index (χ1v) is 5.59. The molecule has 2 rings (SSSR count). The molecule has 2 N–H and O–H groups in total. The summed E-state index contributed by atoms with van der Waals surface area (Å²) in [5.41, 5.74) is 7.56. The quantitative estimate of drug-likeness (QED) is 0.799. The van der Waals surface area contributed by atoms with Crippen LogP contribution in [0.15, 0.2) is 24.3 Å². The van der Waals surface area contributed by atoms with Crippen molar-refractivity contribution in [2.75, 3.05) is 20.3 Å². The van der Waals surface area contributed by atoms with Crippen molar-refractivity contribution in [3.05, 3.63) is 35.4 Å². The zero-order valence-electron chi connectivity index (χ0n) is 10.1. The van der Waals surface area contributed by atoms with Crippen molar-refractivity contribution in [1.82, 2.24) is 0 Å². The molecule has 1 aliphatic heterocycles. The van der Waals surface area contributed by atoms with Crippen LogP contribution >= 0.6 is 0 Å². The number of benzene rings is 1. The highest BCUT2D eigenvalue weighted by atomic mass is 16.5. The lowest BCUT2D eigenvalue weighted by molar-refractivity contribution is -0.188. The molecule has 0 amide bonds. The van der Waals surface area contributed by atoms with Crippen molar-refractivity contribution in [3.63, 3.8) is 0 Å². The van der Waals surface area contributed by atoms with Gasteiger partial charge in [-0.25, -0.2) is 0 Å². The second-order valence-electron chi connectivity index (χ2n) is 4.47. The average molecular weight is 235 g/mol. The van der Waals surface area contributed by atoms with Gasteiger partial charge in [-0.15, -0.1) is 0 Å². The molecule has 4 nitrogen and oxygen atoms in total. The van der Waals surface area contributed by atoms with Gasteiger partial charge in [-0.05, 0) is 18.1 Å². The van der Waals surface area contributed by atoms with E-state index in [1.165, 1.54) is 7.11 Å². The Balaban J connectivity index is 2.33. The highest BCUT2D eigenvalue weighted by molar-refractivity contribution is 5.79. The Kier molecular flexibility index (Phi) is 3.17. The van der Waals surface area contributed by atoms with E-state index in [1.54, 1.807) is 0 Å². The molecule has 0 spiro atoms. The molecule has 1 unspecified atom stereocenters. The fraction of sp³-hybridized carbons (Fsp3) is 0.462. The molecule has 1 atom stereocenters. The second kappa shape index (κ2) is 4.47. The first-order chi connectivity index (χ1) is 8.12. The number of esters is 1. The molecular formula is C13H17NO3. The maximum Gasteiger partial charge on any atom is 0.318 e. The molecule has 1 aromatic carbocycles. The first-order valence-electron chi connectivity index (χ1n) is 5.59. The van der Waals surface area contributed by atoms with E-state index in [0.29, 0.717) is 13.2 Å². The predicted octanol–water partition coefficient (Wildman–Crippen LogP) is 1.18. The third-order valence-corrected chi connectivity index (χ3v) is 3.43. The van der Waals surface area contributed by atoms with Crippen molar-refractivity contribution in [2.45, 2.75) is 13.0 Å². The molecule has 0 aliphatic carbocycles. The summed E-state index contributed by atoms with van der Waals surface area (Å²) in [5.74, 6) is -0.292. The Hall–Kier alpha value is -1.39. The zero-order valence-corrected chi connectivity index (χ0v) is 10.1. The van der Waals surface area contributed by atoms with Gasteiger partial charge in [0.1, 0.15) is 5.41 Å². The topological polar surface area (TPSA) is 61.5 Å². The van der Waals surface area contributed by atoms with Crippen LogP contribution in [0.25, 0.3) is 0 Å². The normalized spacial score (nSPS) is 19.2. The predicted molar refractivity (Wildman–Crippen MR) is 63.4 cm³/mol. The van der Waals surface area contributed by atoms with Gasteiger partial charge in [-0.2, -0.15) is 0 Å². The van der Waals surface area contributed by atoms with Crippen molar-refractivity contribution in [2.24, 2.45) is 11.1 Å². The third kappa shape index (κ3) is 1.83. The van der Waals surface area contributed by atoms with Crippen LogP contribution in [0, 0.1) is 12.3 Å². The number of methoxy groups -OCH3 is 1. The summed E-state index contributed by atoms with van der Waals surface area (Å²) in [4.78, 5) is 11.9. The minimum atomic E-state index is -0.721. The van der Waals surface area contributed by atoms with Crippen LogP contribution in [-0.4, -0.2) is 26.3 Å². The molecule has 1 saturated heterocycles. The van der Waals surface area contributed by atoms with E-state index >= 15 is 0 Å². The highest BCUT2D eigenvalue weighted by Gasteiger charge is 2.52. The molecule has 1 aliphatic rings. The number of nitrogens with two attached hydrogens (primary N) is 1. The molecular weight excluding hydrogens is 218 g/mol. The number of ether oxygens (including phenoxy) is 2. The summed E-state index contributed by atoms with van der Waals surface area (Å²) in [6.45, 7) is 2.64. The Morgan fingerprint density at radius 1 is 1.47 bits per heavy atom. The largest absolute Gasteiger partial charge is 0.468 e. The smallest absolute Gasteiger partial charge is 0.318 e. The molecule has 0 radical (unpaired) electrons. The van der Waals surface area contributed by atoms with Gasteiger partial charge in [0.15, 0.2) is 0 Å². The molecule has 92 valence electrons. The Labute approximate surface area is 101 Å². The minimum absolute atomic E-state index is 0.292. The van der Waals surface area contributed by atoms with E-state index in [-0.39, 0.29) is 12.0 Å². The minimum Gasteiger partial charge on any atom is -0.468 e. The van der Waals surface area contributed by atoms with Crippen LogP contribution < -0.4 is 5.73 Å². The van der Waals surface area contributed by atoms with E-state index in [9.17, 15) is 4.79 Å². The molecule has 1 fully saturated rings. The summed E-state index contributed by atoms with van der Waals surface area (Å²) >= 11 is 0. The van der Waals surface area contributed by atoms with Crippen LogP contribution in [0.5, 0.6) is 0 Å². The van der Waals surface area contributed by atoms with Crippen LogP contribution in [-0.2, 0) is 14.3 Å². The van der Waals surface area contributed by atoms with Crippen LogP contribution in [0.2, 0.25) is 0 Å². The van der Waals surface area contributed by atoms with Crippen LogP contribution in [0.3, 0.4) is 0 Å². The van der Waals surface area contributed by atoms with Crippen molar-refractivity contribution < 1.29 is 14.3 Å². The summed E-state index contributed by atoms with van der Waals surface area (Å²) in [5, 5.41) is 0. The molecule has 0 bridgehead atoms. The zero-order chi connectivity index (χ0) is 12.5. The SMILES string of the molecule is COC(=O)C1(C(N)c2ccccc2C)COC1. The van der Waals surface area contributed by atoms with E-state index < -0.39 is 5.41 Å². The average Bonchev–Trinajstić information content (AvgIpc) is 2.27. The highest BCUT2D eigenvalue weighted by Crippen LogP contribution is 2.40. The first kappa shape index (κ1) is 12.1. The van der Waals surface area contributed by atoms with Crippen molar-refractivity contribution in [1.29, 1.82) is 0 Å². The van der Waals surface area contributed by atoms with E-state index in [2.05, 4.69) is 0 Å². The fourth-order valence-corrected chi connectivity index (χ4v) is 2.18. The number of hydrogen-bond donors (Lipinski definition) is 1. The summed E-state index contributed by atoms with van der Waals surface area (Å²) < 4.78 is 10.0. The molecule has 1 aromatic rings. The summed E-state index contributed by atoms with van der Waals surface area (Å²) in [6, 6.07) is 7.42. The van der Waals surface area contributed by atoms with Gasteiger partial charge in [0, 0.05) is 0 Å². The van der Waals surface area contributed by atoms with Crippen molar-refractivity contribution >= 4 is 5.97 Å². The van der Waals surface area contributed by atoms with E-state index in [4.69, 9.17) is 15.2 Å². The number of carbonyl (C=O) groups is 1. The standard InChI is InChI=1S/C13H17NO3/c1-9-5-3-4-6-10(9)11(14)13(7-17-8-13)12(15)16-2/h3-6,11H,7-8,14H2,1-2H3. The molecule has 0 aromatic heterocycles. The number of hydrogen-bond acceptors (Lipinski definition) is 4. The maximum atomic E-state index is 11.9. The van der Waals surface area contributed by atoms with Crippen LogP contribution in [0.4, 0.5) is 0 Å². The van der Waals surface area contributed by atoms with Gasteiger partial charge >= 0.3 is 5.97 Å². The lowest BCUT2D eigenvalue weighted by atomic mass is 9.74. The van der Waals surface area contributed by atoms with Gasteiger partial charge in [0.2, 0.25) is 0 Å². The monoisotopic (exact) mass is 235 g/mol. The molecule has 1 heterocycles.